The summed E-state index contributed by atoms with van der Waals surface area (Å²) >= 11 is 1.74. The van der Waals surface area contributed by atoms with Crippen molar-refractivity contribution < 1.29 is 4.74 Å². The summed E-state index contributed by atoms with van der Waals surface area (Å²) in [5.74, 6) is 0. The molecule has 5 rings (SSSR count). The Kier molecular flexibility index (Phi) is 8.03. The number of nitriles is 1. The Hall–Kier alpha value is -3.26. The molecule has 39 heavy (non-hydrogen) atoms. The Morgan fingerprint density at radius 1 is 1.18 bits per heavy atom. The lowest BCUT2D eigenvalue weighted by atomic mass is 9.94. The summed E-state index contributed by atoms with van der Waals surface area (Å²) in [7, 11) is 3.51. The van der Waals surface area contributed by atoms with Crippen molar-refractivity contribution in [2.24, 2.45) is 7.05 Å². The van der Waals surface area contributed by atoms with Crippen LogP contribution in [-0.2, 0) is 18.2 Å². The van der Waals surface area contributed by atoms with Gasteiger partial charge in [0.1, 0.15) is 0 Å². The number of benzene rings is 1. The standard InChI is InChI=1S/C29H37N7O2S/c1-6-22-18-35(26-15-28(37)33(4)36-16-21(10-12-30)32-29(26)36)23(7-2)17-34(22)25(11-13-38-5)20-8-9-24-27(14-20)39-19(3)31-24/h8-9,14-16,22-23,25H,6-7,10-11,13,17-18H2,1-5H3/t22-,23+,25?/m1/s1. The number of imidazole rings is 1. The molecule has 1 aromatic carbocycles. The number of anilines is 1. The zero-order valence-electron chi connectivity index (χ0n) is 23.4. The fraction of sp³-hybridized carbons (Fsp3) is 0.517. The van der Waals surface area contributed by atoms with E-state index in [0.29, 0.717) is 12.3 Å². The lowest BCUT2D eigenvalue weighted by Crippen LogP contribution is -2.59. The normalized spacial score (nSPS) is 19.1. The van der Waals surface area contributed by atoms with E-state index in [4.69, 9.17) is 9.72 Å². The van der Waals surface area contributed by atoms with Crippen LogP contribution in [0.2, 0.25) is 0 Å². The van der Waals surface area contributed by atoms with Crippen molar-refractivity contribution >= 4 is 32.9 Å². The van der Waals surface area contributed by atoms with Gasteiger partial charge >= 0.3 is 0 Å². The maximum Gasteiger partial charge on any atom is 0.267 e. The van der Waals surface area contributed by atoms with Crippen LogP contribution in [0.5, 0.6) is 0 Å². The zero-order valence-corrected chi connectivity index (χ0v) is 24.2. The van der Waals surface area contributed by atoms with Gasteiger partial charge in [-0.3, -0.25) is 9.69 Å². The van der Waals surface area contributed by atoms with Gasteiger partial charge in [-0.25, -0.2) is 19.2 Å². The molecule has 0 amide bonds. The molecule has 3 atom stereocenters. The smallest absolute Gasteiger partial charge is 0.267 e. The molecule has 4 aromatic rings. The molecular weight excluding hydrogens is 510 g/mol. The van der Waals surface area contributed by atoms with Crippen molar-refractivity contribution in [3.8, 4) is 6.07 Å². The Labute approximate surface area is 233 Å². The maximum absolute atomic E-state index is 13.0. The second-order valence-electron chi connectivity index (χ2n) is 10.4. The summed E-state index contributed by atoms with van der Waals surface area (Å²) in [6, 6.07) is 11.3. The van der Waals surface area contributed by atoms with Crippen LogP contribution in [0.25, 0.3) is 15.9 Å². The van der Waals surface area contributed by atoms with E-state index in [0.717, 1.165) is 54.2 Å². The monoisotopic (exact) mass is 547 g/mol. The first kappa shape index (κ1) is 27.3. The Bertz CT molecular complexity index is 1570. The number of aromatic nitrogens is 4. The van der Waals surface area contributed by atoms with Gasteiger partial charge in [0.25, 0.3) is 5.56 Å². The lowest BCUT2D eigenvalue weighted by Gasteiger charge is -2.50. The van der Waals surface area contributed by atoms with Crippen LogP contribution in [0.1, 0.15) is 55.4 Å². The molecule has 1 saturated heterocycles. The minimum atomic E-state index is -0.0881. The van der Waals surface area contributed by atoms with Crippen LogP contribution in [0, 0.1) is 18.3 Å². The molecule has 1 aliphatic heterocycles. The first-order valence-corrected chi connectivity index (χ1v) is 14.5. The van der Waals surface area contributed by atoms with E-state index in [1.165, 1.54) is 10.3 Å². The summed E-state index contributed by atoms with van der Waals surface area (Å²) in [6.45, 7) is 8.86. The van der Waals surface area contributed by atoms with Crippen LogP contribution in [0.15, 0.2) is 35.3 Å². The first-order valence-electron chi connectivity index (χ1n) is 13.7. The third-order valence-electron chi connectivity index (χ3n) is 8.02. The van der Waals surface area contributed by atoms with Gasteiger partial charge in [-0.05, 0) is 43.9 Å². The molecule has 1 aliphatic rings. The third kappa shape index (κ3) is 5.19. The van der Waals surface area contributed by atoms with Crippen LogP contribution in [0.3, 0.4) is 0 Å². The Morgan fingerprint density at radius 2 is 1.97 bits per heavy atom. The number of hydrogen-bond donors (Lipinski definition) is 0. The van der Waals surface area contributed by atoms with Crippen LogP contribution in [0.4, 0.5) is 5.69 Å². The van der Waals surface area contributed by atoms with Crippen LogP contribution >= 0.6 is 11.3 Å². The summed E-state index contributed by atoms with van der Waals surface area (Å²) in [5, 5.41) is 10.3. The van der Waals surface area contributed by atoms with Gasteiger partial charge < -0.3 is 9.64 Å². The van der Waals surface area contributed by atoms with Crippen LogP contribution < -0.4 is 10.5 Å². The van der Waals surface area contributed by atoms with Gasteiger partial charge in [-0.15, -0.1) is 11.3 Å². The number of fused-ring (bicyclic) bond motifs is 2. The highest BCUT2D eigenvalue weighted by Gasteiger charge is 2.37. The number of nitrogens with zero attached hydrogens (tertiary/aromatic N) is 7. The van der Waals surface area contributed by atoms with E-state index in [2.05, 4.69) is 59.8 Å². The second kappa shape index (κ2) is 11.5. The molecule has 9 nitrogen and oxygen atoms in total. The van der Waals surface area contributed by atoms with Gasteiger partial charge in [-0.1, -0.05) is 19.9 Å². The topological polar surface area (TPSA) is 91.7 Å². The highest BCUT2D eigenvalue weighted by Crippen LogP contribution is 2.36. The number of methoxy groups -OCH3 is 1. The average Bonchev–Trinajstić information content (AvgIpc) is 3.53. The van der Waals surface area contributed by atoms with Crippen molar-refractivity contribution in [2.45, 2.75) is 64.6 Å². The first-order chi connectivity index (χ1) is 18.9. The van der Waals surface area contributed by atoms with E-state index in [1.807, 2.05) is 0 Å². The van der Waals surface area contributed by atoms with Gasteiger partial charge in [0, 0.05) is 58.0 Å². The summed E-state index contributed by atoms with van der Waals surface area (Å²) in [6.07, 6.45) is 4.83. The van der Waals surface area contributed by atoms with Gasteiger partial charge in [-0.2, -0.15) is 5.26 Å². The summed E-state index contributed by atoms with van der Waals surface area (Å²) in [5.41, 5.74) is 4.52. The molecular formula is C29H37N7O2S. The molecule has 0 radical (unpaired) electrons. The molecule has 0 bridgehead atoms. The second-order valence-corrected chi connectivity index (χ2v) is 11.6. The minimum Gasteiger partial charge on any atom is -0.385 e. The molecule has 1 unspecified atom stereocenters. The highest BCUT2D eigenvalue weighted by atomic mass is 32.1. The lowest BCUT2D eigenvalue weighted by molar-refractivity contribution is 0.0683. The number of aryl methyl sites for hydroxylation is 2. The fourth-order valence-electron chi connectivity index (χ4n) is 5.96. The van der Waals surface area contributed by atoms with E-state index in [-0.39, 0.29) is 30.1 Å². The van der Waals surface area contributed by atoms with Gasteiger partial charge in [0.05, 0.1) is 45.3 Å². The van der Waals surface area contributed by atoms with E-state index in [9.17, 15) is 10.1 Å². The van der Waals surface area contributed by atoms with Crippen molar-refractivity contribution in [3.05, 3.63) is 57.1 Å². The van der Waals surface area contributed by atoms with E-state index >= 15 is 0 Å². The molecule has 206 valence electrons. The minimum absolute atomic E-state index is 0.0881. The largest absolute Gasteiger partial charge is 0.385 e. The number of hydrogen-bond acceptors (Lipinski definition) is 8. The molecule has 3 aromatic heterocycles. The van der Waals surface area contributed by atoms with Crippen molar-refractivity contribution in [2.75, 3.05) is 31.7 Å². The molecule has 1 fully saturated rings. The summed E-state index contributed by atoms with van der Waals surface area (Å²) < 4.78 is 10.1. The SMILES string of the molecule is CC[C@H]1CN(C(CCOC)c2ccc3nc(C)sc3c2)[C@H](CC)CN1c1cc(=O)n(C)n2cc(CC#N)nc12. The van der Waals surface area contributed by atoms with Crippen molar-refractivity contribution in [1.29, 1.82) is 5.26 Å². The van der Waals surface area contributed by atoms with E-state index < -0.39 is 0 Å². The molecule has 10 heteroatoms. The highest BCUT2D eigenvalue weighted by molar-refractivity contribution is 7.18. The van der Waals surface area contributed by atoms with E-state index in [1.54, 1.807) is 47.0 Å². The number of rotatable bonds is 9. The van der Waals surface area contributed by atoms with Crippen molar-refractivity contribution in [3.63, 3.8) is 0 Å². The Morgan fingerprint density at radius 3 is 2.69 bits per heavy atom. The predicted molar refractivity (Wildman–Crippen MR) is 156 cm³/mol. The zero-order chi connectivity index (χ0) is 27.7. The molecule has 0 spiro atoms. The third-order valence-corrected chi connectivity index (χ3v) is 8.95. The average molecular weight is 548 g/mol. The van der Waals surface area contributed by atoms with Gasteiger partial charge in [0.2, 0.25) is 0 Å². The maximum atomic E-state index is 13.0. The number of piperazine rings is 1. The fourth-order valence-corrected chi connectivity index (χ4v) is 6.83. The summed E-state index contributed by atoms with van der Waals surface area (Å²) in [4.78, 5) is 27.5. The Balaban J connectivity index is 1.53. The molecule has 0 aliphatic carbocycles. The number of thiazole rings is 1. The molecule has 0 N–H and O–H groups in total. The van der Waals surface area contributed by atoms with Crippen molar-refractivity contribution in [1.82, 2.24) is 24.1 Å². The molecule has 4 heterocycles. The predicted octanol–water partition coefficient (Wildman–Crippen LogP) is 4.47. The van der Waals surface area contributed by atoms with Gasteiger partial charge in [0.15, 0.2) is 5.65 Å². The quantitative estimate of drug-likeness (QED) is 0.305. The molecule has 0 saturated carbocycles. The van der Waals surface area contributed by atoms with Crippen LogP contribution in [-0.4, -0.2) is 63.0 Å². The number of ether oxygens (including phenoxy) is 1.